The van der Waals surface area contributed by atoms with Gasteiger partial charge in [0.2, 0.25) is 6.79 Å². The van der Waals surface area contributed by atoms with Crippen LogP contribution in [0.5, 0.6) is 11.5 Å². The summed E-state index contributed by atoms with van der Waals surface area (Å²) in [5, 5.41) is 3.09. The lowest BCUT2D eigenvalue weighted by atomic mass is 10.0. The normalized spacial score (nSPS) is 13.9. The number of benzene rings is 2. The average Bonchev–Trinajstić information content (AvgIpc) is 3.14. The molecule has 0 radical (unpaired) electrons. The first-order valence-electron chi connectivity index (χ1n) is 9.68. The monoisotopic (exact) mass is 369 g/mol. The van der Waals surface area contributed by atoms with Crippen LogP contribution < -0.4 is 19.7 Å². The van der Waals surface area contributed by atoms with Crippen LogP contribution in [0.4, 0.5) is 5.69 Å². The second kappa shape index (κ2) is 8.44. The van der Waals surface area contributed by atoms with Crippen LogP contribution >= 0.6 is 0 Å². The van der Waals surface area contributed by atoms with Gasteiger partial charge in [-0.15, -0.1) is 0 Å². The van der Waals surface area contributed by atoms with Crippen LogP contribution in [0.2, 0.25) is 0 Å². The summed E-state index contributed by atoms with van der Waals surface area (Å²) in [5.41, 5.74) is 3.02. The van der Waals surface area contributed by atoms with Gasteiger partial charge in [-0.2, -0.15) is 0 Å². The second-order valence-electron chi connectivity index (χ2n) is 7.18. The Morgan fingerprint density at radius 3 is 2.26 bits per heavy atom. The fourth-order valence-corrected chi connectivity index (χ4v) is 3.49. The lowest BCUT2D eigenvalue weighted by Gasteiger charge is -2.26. The first-order valence-corrected chi connectivity index (χ1v) is 9.68. The Labute approximate surface area is 161 Å². The van der Waals surface area contributed by atoms with Crippen molar-refractivity contribution in [3.8, 4) is 11.5 Å². The SMILES string of the molecule is CC[NH+](CC)C(C(=O)Nc1ccc(C(C)C)cc1)c1ccc2c(c1)OCO2. The lowest BCUT2D eigenvalue weighted by molar-refractivity contribution is -0.918. The van der Waals surface area contributed by atoms with Crippen LogP contribution in [0.25, 0.3) is 0 Å². The Bertz CT molecular complexity index is 783. The van der Waals surface area contributed by atoms with Gasteiger partial charge < -0.3 is 19.7 Å². The number of hydrogen-bond acceptors (Lipinski definition) is 3. The maximum Gasteiger partial charge on any atom is 0.287 e. The Morgan fingerprint density at radius 1 is 1.00 bits per heavy atom. The number of hydrogen-bond donors (Lipinski definition) is 2. The molecule has 1 aliphatic rings. The van der Waals surface area contributed by atoms with E-state index >= 15 is 0 Å². The van der Waals surface area contributed by atoms with E-state index < -0.39 is 0 Å². The first-order chi connectivity index (χ1) is 13.0. The molecule has 0 fully saturated rings. The standard InChI is InChI=1S/C22H28N2O3/c1-5-24(6-2)21(17-9-12-19-20(13-17)27-14-26-19)22(25)23-18-10-7-16(8-11-18)15(3)4/h7-13,15,21H,5-6,14H2,1-4H3,(H,23,25)/p+1. The Morgan fingerprint density at radius 2 is 1.63 bits per heavy atom. The van der Waals surface area contributed by atoms with Gasteiger partial charge >= 0.3 is 0 Å². The molecule has 1 atom stereocenters. The zero-order valence-electron chi connectivity index (χ0n) is 16.5. The highest BCUT2D eigenvalue weighted by Gasteiger charge is 2.31. The molecular weight excluding hydrogens is 340 g/mol. The van der Waals surface area contributed by atoms with Gasteiger partial charge in [0.15, 0.2) is 17.5 Å². The van der Waals surface area contributed by atoms with Gasteiger partial charge in [-0.25, -0.2) is 0 Å². The van der Waals surface area contributed by atoms with E-state index in [1.54, 1.807) is 0 Å². The predicted octanol–water partition coefficient (Wildman–Crippen LogP) is 3.14. The van der Waals surface area contributed by atoms with E-state index in [1.165, 1.54) is 10.5 Å². The topological polar surface area (TPSA) is 52.0 Å². The molecule has 3 rings (SSSR count). The number of nitrogens with one attached hydrogen (secondary N) is 2. The summed E-state index contributed by atoms with van der Waals surface area (Å²) in [5.74, 6) is 1.90. The number of carbonyl (C=O) groups excluding carboxylic acids is 1. The molecule has 27 heavy (non-hydrogen) atoms. The van der Waals surface area contributed by atoms with E-state index in [-0.39, 0.29) is 18.7 Å². The predicted molar refractivity (Wildman–Crippen MR) is 107 cm³/mol. The summed E-state index contributed by atoms with van der Waals surface area (Å²) in [6.07, 6.45) is 0. The van der Waals surface area contributed by atoms with Crippen molar-refractivity contribution in [3.05, 3.63) is 53.6 Å². The Kier molecular flexibility index (Phi) is 6.01. The molecule has 5 nitrogen and oxygen atoms in total. The van der Waals surface area contributed by atoms with E-state index in [0.717, 1.165) is 30.1 Å². The molecule has 0 saturated carbocycles. The van der Waals surface area contributed by atoms with Crippen LogP contribution in [-0.2, 0) is 4.79 Å². The number of ether oxygens (including phenoxy) is 2. The third kappa shape index (κ3) is 4.25. The maximum atomic E-state index is 13.2. The fourth-order valence-electron chi connectivity index (χ4n) is 3.49. The van der Waals surface area contributed by atoms with Gasteiger partial charge in [0, 0.05) is 11.3 Å². The second-order valence-corrected chi connectivity index (χ2v) is 7.18. The zero-order valence-corrected chi connectivity index (χ0v) is 16.5. The molecule has 2 N–H and O–H groups in total. The Hall–Kier alpha value is -2.53. The van der Waals surface area contributed by atoms with Crippen molar-refractivity contribution in [2.75, 3.05) is 25.2 Å². The van der Waals surface area contributed by atoms with Crippen molar-refractivity contribution < 1.29 is 19.2 Å². The lowest BCUT2D eigenvalue weighted by Crippen LogP contribution is -3.12. The van der Waals surface area contributed by atoms with Gasteiger partial charge in [0.05, 0.1) is 13.1 Å². The molecule has 0 saturated heterocycles. The van der Waals surface area contributed by atoms with Crippen molar-refractivity contribution in [3.63, 3.8) is 0 Å². The molecule has 1 aliphatic heterocycles. The van der Waals surface area contributed by atoms with E-state index in [2.05, 4.69) is 45.1 Å². The van der Waals surface area contributed by atoms with Crippen LogP contribution in [0.15, 0.2) is 42.5 Å². The summed E-state index contributed by atoms with van der Waals surface area (Å²) in [6.45, 7) is 10.5. The van der Waals surface area contributed by atoms with Gasteiger partial charge in [-0.1, -0.05) is 26.0 Å². The highest BCUT2D eigenvalue weighted by atomic mass is 16.7. The molecule has 1 unspecified atom stereocenters. The number of carbonyl (C=O) groups is 1. The van der Waals surface area contributed by atoms with Crippen molar-refractivity contribution in [1.29, 1.82) is 0 Å². The molecule has 2 aromatic carbocycles. The Balaban J connectivity index is 1.85. The van der Waals surface area contributed by atoms with Gasteiger partial charge in [0.1, 0.15) is 0 Å². The number of anilines is 1. The number of rotatable bonds is 7. The molecule has 1 amide bonds. The maximum absolute atomic E-state index is 13.2. The van der Waals surface area contributed by atoms with Crippen LogP contribution in [0.3, 0.4) is 0 Å². The smallest absolute Gasteiger partial charge is 0.287 e. The van der Waals surface area contributed by atoms with Crippen LogP contribution in [0.1, 0.15) is 50.8 Å². The van der Waals surface area contributed by atoms with Crippen molar-refractivity contribution in [2.45, 2.75) is 39.7 Å². The third-order valence-corrected chi connectivity index (χ3v) is 5.15. The van der Waals surface area contributed by atoms with Crippen molar-refractivity contribution in [2.24, 2.45) is 0 Å². The quantitative estimate of drug-likeness (QED) is 0.788. The van der Waals surface area contributed by atoms with Gasteiger partial charge in [-0.3, -0.25) is 4.79 Å². The number of fused-ring (bicyclic) bond motifs is 1. The molecule has 2 aromatic rings. The molecule has 1 heterocycles. The summed E-state index contributed by atoms with van der Waals surface area (Å²) in [6, 6.07) is 13.6. The fraction of sp³-hybridized carbons (Fsp3) is 0.409. The molecule has 0 aromatic heterocycles. The van der Waals surface area contributed by atoms with E-state index in [9.17, 15) is 4.79 Å². The zero-order chi connectivity index (χ0) is 19.4. The van der Waals surface area contributed by atoms with Gasteiger partial charge in [-0.05, 0) is 55.7 Å². The third-order valence-electron chi connectivity index (χ3n) is 5.15. The largest absolute Gasteiger partial charge is 0.454 e. The number of quaternary nitrogens is 1. The summed E-state index contributed by atoms with van der Waals surface area (Å²) in [4.78, 5) is 14.4. The molecule has 5 heteroatoms. The van der Waals surface area contributed by atoms with Crippen LogP contribution in [0, 0.1) is 0 Å². The number of amides is 1. The summed E-state index contributed by atoms with van der Waals surface area (Å²) >= 11 is 0. The molecule has 0 bridgehead atoms. The molecule has 0 aliphatic carbocycles. The minimum atomic E-state index is -0.306. The van der Waals surface area contributed by atoms with Crippen molar-refractivity contribution >= 4 is 11.6 Å². The minimum Gasteiger partial charge on any atom is -0.454 e. The van der Waals surface area contributed by atoms with E-state index in [4.69, 9.17) is 9.47 Å². The minimum absolute atomic E-state index is 0.00939. The molecular formula is C22H29N2O3+. The highest BCUT2D eigenvalue weighted by Crippen LogP contribution is 2.34. The summed E-state index contributed by atoms with van der Waals surface area (Å²) < 4.78 is 10.9. The van der Waals surface area contributed by atoms with Gasteiger partial charge in [0.25, 0.3) is 5.91 Å². The van der Waals surface area contributed by atoms with Crippen molar-refractivity contribution in [1.82, 2.24) is 0 Å². The summed E-state index contributed by atoms with van der Waals surface area (Å²) in [7, 11) is 0. The van der Waals surface area contributed by atoms with E-state index in [1.807, 2.05) is 30.3 Å². The molecule has 144 valence electrons. The average molecular weight is 369 g/mol. The molecule has 0 spiro atoms. The number of likely N-dealkylation sites (N-methyl/N-ethyl adjacent to an activating group) is 1. The van der Waals surface area contributed by atoms with Crippen LogP contribution in [-0.4, -0.2) is 25.8 Å². The highest BCUT2D eigenvalue weighted by molar-refractivity contribution is 5.94. The first kappa shape index (κ1) is 19.2. The van der Waals surface area contributed by atoms with E-state index in [0.29, 0.717) is 11.7 Å².